The second-order valence-electron chi connectivity index (χ2n) is 6.31. The van der Waals surface area contributed by atoms with Crippen LogP contribution >= 0.6 is 0 Å². The van der Waals surface area contributed by atoms with Gasteiger partial charge in [0.2, 0.25) is 0 Å². The van der Waals surface area contributed by atoms with Gasteiger partial charge in [0.15, 0.2) is 0 Å². The lowest BCUT2D eigenvalue weighted by Gasteiger charge is -2.39. The summed E-state index contributed by atoms with van der Waals surface area (Å²) in [6.45, 7) is 4.71. The minimum Gasteiger partial charge on any atom is -0.368 e. The maximum atomic E-state index is 4.48. The van der Waals surface area contributed by atoms with Crippen molar-refractivity contribution in [1.29, 1.82) is 0 Å². The zero-order chi connectivity index (χ0) is 14.1. The van der Waals surface area contributed by atoms with E-state index in [2.05, 4.69) is 45.1 Å². The van der Waals surface area contributed by atoms with Crippen molar-refractivity contribution in [3.8, 4) is 0 Å². The second-order valence-corrected chi connectivity index (χ2v) is 6.31. The molecule has 1 saturated heterocycles. The van der Waals surface area contributed by atoms with E-state index in [1.807, 2.05) is 6.20 Å². The molecule has 0 bridgehead atoms. The maximum Gasteiger partial charge on any atom is 0.0722 e. The van der Waals surface area contributed by atoms with Crippen LogP contribution in [0.15, 0.2) is 36.5 Å². The van der Waals surface area contributed by atoms with Crippen LogP contribution in [0.4, 0.5) is 5.69 Å². The lowest BCUT2D eigenvalue weighted by Crippen LogP contribution is -2.49. The van der Waals surface area contributed by atoms with Crippen molar-refractivity contribution in [2.45, 2.75) is 31.7 Å². The van der Waals surface area contributed by atoms with E-state index in [0.29, 0.717) is 0 Å². The molecule has 21 heavy (non-hydrogen) atoms. The molecule has 1 aliphatic carbocycles. The average Bonchev–Trinajstić information content (AvgIpc) is 3.09. The molecule has 110 valence electrons. The number of hydrogen-bond acceptors (Lipinski definition) is 3. The third-order valence-electron chi connectivity index (χ3n) is 5.12. The number of nitrogens with zero attached hydrogens (tertiary/aromatic N) is 3. The van der Waals surface area contributed by atoms with Gasteiger partial charge < -0.3 is 4.90 Å². The molecule has 0 spiro atoms. The first kappa shape index (κ1) is 13.1. The third-order valence-corrected chi connectivity index (χ3v) is 5.12. The van der Waals surface area contributed by atoms with Crippen molar-refractivity contribution in [2.24, 2.45) is 0 Å². The van der Waals surface area contributed by atoms with E-state index in [9.17, 15) is 0 Å². The van der Waals surface area contributed by atoms with E-state index in [1.165, 1.54) is 49.8 Å². The minimum absolute atomic E-state index is 0.862. The van der Waals surface area contributed by atoms with Crippen LogP contribution in [0.3, 0.4) is 0 Å². The fourth-order valence-corrected chi connectivity index (χ4v) is 3.95. The van der Waals surface area contributed by atoms with Crippen molar-refractivity contribution < 1.29 is 0 Å². The van der Waals surface area contributed by atoms with Crippen LogP contribution in [0.1, 0.15) is 25.7 Å². The average molecular weight is 281 g/mol. The van der Waals surface area contributed by atoms with Crippen molar-refractivity contribution in [3.05, 3.63) is 36.5 Å². The molecule has 1 saturated carbocycles. The summed E-state index contributed by atoms with van der Waals surface area (Å²) in [5.41, 5.74) is 2.46. The Kier molecular flexibility index (Phi) is 3.52. The number of fused-ring (bicyclic) bond motifs is 1. The van der Waals surface area contributed by atoms with Gasteiger partial charge in [-0.05, 0) is 25.0 Å². The fourth-order valence-electron chi connectivity index (χ4n) is 3.95. The van der Waals surface area contributed by atoms with Crippen molar-refractivity contribution in [2.75, 3.05) is 31.1 Å². The number of pyridine rings is 1. The summed E-state index contributed by atoms with van der Waals surface area (Å²) in [5.74, 6) is 0. The normalized spacial score (nSPS) is 21.2. The third kappa shape index (κ3) is 2.51. The van der Waals surface area contributed by atoms with Crippen molar-refractivity contribution in [1.82, 2.24) is 9.88 Å². The van der Waals surface area contributed by atoms with Crippen LogP contribution in [0, 0.1) is 0 Å². The quantitative estimate of drug-likeness (QED) is 0.842. The first-order chi connectivity index (χ1) is 10.4. The van der Waals surface area contributed by atoms with Crippen LogP contribution in [-0.2, 0) is 0 Å². The molecule has 0 atom stereocenters. The Bertz CT molecular complexity index is 605. The number of rotatable bonds is 2. The molecule has 0 N–H and O–H groups in total. The second kappa shape index (κ2) is 5.64. The Morgan fingerprint density at radius 1 is 0.905 bits per heavy atom. The highest BCUT2D eigenvalue weighted by atomic mass is 15.3. The number of piperazine rings is 1. The summed E-state index contributed by atoms with van der Waals surface area (Å²) in [6, 6.07) is 11.5. The predicted molar refractivity (Wildman–Crippen MR) is 87.8 cm³/mol. The molecule has 2 fully saturated rings. The van der Waals surface area contributed by atoms with Crippen LogP contribution < -0.4 is 4.90 Å². The van der Waals surface area contributed by atoms with Gasteiger partial charge in [0.25, 0.3) is 0 Å². The van der Waals surface area contributed by atoms with Gasteiger partial charge in [0.1, 0.15) is 0 Å². The van der Waals surface area contributed by atoms with Gasteiger partial charge in [-0.3, -0.25) is 9.88 Å². The minimum atomic E-state index is 0.862. The number of anilines is 1. The van der Waals surface area contributed by atoms with Crippen LogP contribution in [0.5, 0.6) is 0 Å². The molecule has 2 heterocycles. The molecule has 0 unspecified atom stereocenters. The molecule has 4 rings (SSSR count). The summed E-state index contributed by atoms with van der Waals surface area (Å²) in [6.07, 6.45) is 7.64. The van der Waals surface area contributed by atoms with Crippen LogP contribution in [0.2, 0.25) is 0 Å². The zero-order valence-corrected chi connectivity index (χ0v) is 12.5. The van der Waals surface area contributed by atoms with Gasteiger partial charge in [-0.15, -0.1) is 0 Å². The summed E-state index contributed by atoms with van der Waals surface area (Å²) in [4.78, 5) is 9.73. The Morgan fingerprint density at radius 3 is 2.48 bits per heavy atom. The first-order valence-corrected chi connectivity index (χ1v) is 8.24. The largest absolute Gasteiger partial charge is 0.368 e. The van der Waals surface area contributed by atoms with E-state index < -0.39 is 0 Å². The van der Waals surface area contributed by atoms with Gasteiger partial charge in [0, 0.05) is 49.5 Å². The molecule has 2 aromatic rings. The Balaban J connectivity index is 1.52. The van der Waals surface area contributed by atoms with Crippen LogP contribution in [-0.4, -0.2) is 42.1 Å². The van der Waals surface area contributed by atoms with Crippen molar-refractivity contribution >= 4 is 16.6 Å². The zero-order valence-electron chi connectivity index (χ0n) is 12.5. The van der Waals surface area contributed by atoms with Gasteiger partial charge in [-0.25, -0.2) is 0 Å². The smallest absolute Gasteiger partial charge is 0.0722 e. The van der Waals surface area contributed by atoms with E-state index >= 15 is 0 Å². The number of para-hydroxylation sites is 1. The summed E-state index contributed by atoms with van der Waals surface area (Å²) >= 11 is 0. The standard InChI is InChI=1S/C18H23N3/c1-2-6-15(5-1)20-11-13-21(14-12-20)18-9-10-19-17-8-4-3-7-16(17)18/h3-4,7-10,15H,1-2,5-6,11-14H2. The SMILES string of the molecule is c1ccc2c(N3CCN(C4CCCC4)CC3)ccnc2c1. The summed E-state index contributed by atoms with van der Waals surface area (Å²) in [5, 5.41) is 1.29. The molecule has 1 aromatic carbocycles. The Morgan fingerprint density at radius 2 is 1.67 bits per heavy atom. The van der Waals surface area contributed by atoms with E-state index in [0.717, 1.165) is 24.6 Å². The number of aromatic nitrogens is 1. The van der Waals surface area contributed by atoms with E-state index in [1.54, 1.807) is 0 Å². The molecule has 3 nitrogen and oxygen atoms in total. The van der Waals surface area contributed by atoms with Gasteiger partial charge in [-0.2, -0.15) is 0 Å². The Labute approximate surface area is 126 Å². The molecular formula is C18H23N3. The number of hydrogen-bond donors (Lipinski definition) is 0. The maximum absolute atomic E-state index is 4.48. The molecule has 0 radical (unpaired) electrons. The van der Waals surface area contributed by atoms with Gasteiger partial charge in [-0.1, -0.05) is 31.0 Å². The number of benzene rings is 1. The van der Waals surface area contributed by atoms with Crippen LogP contribution in [0.25, 0.3) is 10.9 Å². The summed E-state index contributed by atoms with van der Waals surface area (Å²) < 4.78 is 0. The molecule has 1 aromatic heterocycles. The lowest BCUT2D eigenvalue weighted by atomic mass is 10.1. The monoisotopic (exact) mass is 281 g/mol. The predicted octanol–water partition coefficient (Wildman–Crippen LogP) is 3.30. The lowest BCUT2D eigenvalue weighted by molar-refractivity contribution is 0.187. The van der Waals surface area contributed by atoms with Gasteiger partial charge in [0.05, 0.1) is 5.52 Å². The highest BCUT2D eigenvalue weighted by Crippen LogP contribution is 2.28. The summed E-state index contributed by atoms with van der Waals surface area (Å²) in [7, 11) is 0. The molecular weight excluding hydrogens is 258 g/mol. The molecule has 2 aliphatic rings. The first-order valence-electron chi connectivity index (χ1n) is 8.24. The topological polar surface area (TPSA) is 19.4 Å². The van der Waals surface area contributed by atoms with E-state index in [-0.39, 0.29) is 0 Å². The van der Waals surface area contributed by atoms with E-state index in [4.69, 9.17) is 0 Å². The molecule has 3 heteroatoms. The van der Waals surface area contributed by atoms with Gasteiger partial charge >= 0.3 is 0 Å². The highest BCUT2D eigenvalue weighted by molar-refractivity contribution is 5.91. The molecule has 0 amide bonds. The highest BCUT2D eigenvalue weighted by Gasteiger charge is 2.26. The fraction of sp³-hybridized carbons (Fsp3) is 0.500. The molecule has 1 aliphatic heterocycles. The Hall–Kier alpha value is -1.61. The van der Waals surface area contributed by atoms with Crippen molar-refractivity contribution in [3.63, 3.8) is 0 Å².